The highest BCUT2D eigenvalue weighted by Gasteiger charge is 2.10. The molecule has 0 fully saturated rings. The van der Waals surface area contributed by atoms with E-state index in [1.165, 1.54) is 35.4 Å². The molecule has 1 N–H and O–H groups in total. The third kappa shape index (κ3) is 1.58. The minimum absolute atomic E-state index is 0.0130. The number of benzene rings is 1. The molecule has 3 rings (SSSR count). The average Bonchev–Trinajstić information content (AvgIpc) is 2.78. The fourth-order valence-corrected chi connectivity index (χ4v) is 1.84. The average molecular weight is 265 g/mol. The van der Waals surface area contributed by atoms with Crippen molar-refractivity contribution in [2.45, 2.75) is 0 Å². The quantitative estimate of drug-likeness (QED) is 0.730. The number of nitrogens with zero attached hydrogens (tertiary/aromatic N) is 3. The molecule has 0 atom stereocenters. The predicted octanol–water partition coefficient (Wildman–Crippen LogP) is 1.90. The van der Waals surface area contributed by atoms with Crippen LogP contribution in [0.15, 0.2) is 35.5 Å². The lowest BCUT2D eigenvalue weighted by Gasteiger charge is -2.03. The van der Waals surface area contributed by atoms with Crippen molar-refractivity contribution < 1.29 is 4.39 Å². The lowest BCUT2D eigenvalue weighted by molar-refractivity contribution is 0.627. The molecule has 0 saturated carbocycles. The maximum Gasteiger partial charge on any atom is 0.261 e. The van der Waals surface area contributed by atoms with E-state index in [-0.39, 0.29) is 10.6 Å². The first-order valence-electron chi connectivity index (χ1n) is 5.03. The van der Waals surface area contributed by atoms with E-state index in [4.69, 9.17) is 11.6 Å². The molecule has 2 aromatic heterocycles. The Kier molecular flexibility index (Phi) is 2.38. The lowest BCUT2D eigenvalue weighted by atomic mass is 10.3. The second kappa shape index (κ2) is 3.92. The van der Waals surface area contributed by atoms with Gasteiger partial charge in [-0.15, -0.1) is 0 Å². The minimum atomic E-state index is -0.511. The third-order valence-corrected chi connectivity index (χ3v) is 2.81. The van der Waals surface area contributed by atoms with Crippen molar-refractivity contribution >= 4 is 22.6 Å². The van der Waals surface area contributed by atoms with Gasteiger partial charge < -0.3 is 4.98 Å². The minimum Gasteiger partial charge on any atom is -0.312 e. The van der Waals surface area contributed by atoms with Crippen molar-refractivity contribution in [3.8, 4) is 5.69 Å². The van der Waals surface area contributed by atoms with Crippen LogP contribution in [0.4, 0.5) is 4.39 Å². The summed E-state index contributed by atoms with van der Waals surface area (Å²) >= 11 is 5.71. The van der Waals surface area contributed by atoms with Gasteiger partial charge in [0.15, 0.2) is 5.65 Å². The SMILES string of the molecule is O=c1[nH]cnc2c1cnn2-c1ccc(F)c(Cl)c1. The first kappa shape index (κ1) is 10.9. The standard InChI is InChI=1S/C11H6ClFN4O/c12-8-3-6(1-2-9(8)13)17-10-7(4-16-17)11(18)15-5-14-10/h1-5H,(H,14,15,18). The van der Waals surface area contributed by atoms with Crippen molar-refractivity contribution in [2.75, 3.05) is 0 Å². The maximum atomic E-state index is 13.1. The summed E-state index contributed by atoms with van der Waals surface area (Å²) in [7, 11) is 0. The van der Waals surface area contributed by atoms with Crippen LogP contribution >= 0.6 is 11.6 Å². The van der Waals surface area contributed by atoms with E-state index in [1.807, 2.05) is 0 Å². The van der Waals surface area contributed by atoms with Gasteiger partial charge in [0.25, 0.3) is 5.56 Å². The first-order valence-corrected chi connectivity index (χ1v) is 5.41. The van der Waals surface area contributed by atoms with Crippen LogP contribution in [0.3, 0.4) is 0 Å². The summed E-state index contributed by atoms with van der Waals surface area (Å²) in [5, 5.41) is 4.40. The Hall–Kier alpha value is -2.21. The number of rotatable bonds is 1. The molecule has 0 aliphatic carbocycles. The second-order valence-corrected chi connectivity index (χ2v) is 4.03. The Bertz CT molecular complexity index is 795. The van der Waals surface area contributed by atoms with Crippen molar-refractivity contribution in [3.63, 3.8) is 0 Å². The number of aromatic amines is 1. The Labute approximate surface area is 105 Å². The molecular formula is C11H6ClFN4O. The van der Waals surface area contributed by atoms with Gasteiger partial charge >= 0.3 is 0 Å². The fourth-order valence-electron chi connectivity index (χ4n) is 1.66. The number of nitrogens with one attached hydrogen (secondary N) is 1. The zero-order valence-electron chi connectivity index (χ0n) is 8.89. The van der Waals surface area contributed by atoms with Gasteiger partial charge in [-0.1, -0.05) is 11.6 Å². The summed E-state index contributed by atoms with van der Waals surface area (Å²) in [5.41, 5.74) is 0.649. The van der Waals surface area contributed by atoms with Gasteiger partial charge in [0, 0.05) is 0 Å². The second-order valence-electron chi connectivity index (χ2n) is 3.62. The zero-order valence-corrected chi connectivity index (χ0v) is 9.65. The summed E-state index contributed by atoms with van der Waals surface area (Å²) in [4.78, 5) is 18.0. The van der Waals surface area contributed by atoms with E-state index in [0.717, 1.165) is 0 Å². The number of fused-ring (bicyclic) bond motifs is 1. The van der Waals surface area contributed by atoms with E-state index in [9.17, 15) is 9.18 Å². The molecule has 0 amide bonds. The number of hydrogen-bond donors (Lipinski definition) is 1. The van der Waals surface area contributed by atoms with E-state index >= 15 is 0 Å². The highest BCUT2D eigenvalue weighted by molar-refractivity contribution is 6.30. The Morgan fingerprint density at radius 3 is 3.00 bits per heavy atom. The monoisotopic (exact) mass is 264 g/mol. The number of hydrogen-bond acceptors (Lipinski definition) is 3. The number of halogens is 2. The van der Waals surface area contributed by atoms with Gasteiger partial charge in [-0.25, -0.2) is 14.1 Å². The largest absolute Gasteiger partial charge is 0.312 e. The molecule has 90 valence electrons. The van der Waals surface area contributed by atoms with Gasteiger partial charge in [-0.05, 0) is 18.2 Å². The number of aromatic nitrogens is 4. The molecular weight excluding hydrogens is 259 g/mol. The van der Waals surface area contributed by atoms with Gasteiger partial charge in [-0.2, -0.15) is 5.10 Å². The molecule has 18 heavy (non-hydrogen) atoms. The Balaban J connectivity index is 2.29. The predicted molar refractivity (Wildman–Crippen MR) is 64.5 cm³/mol. The lowest BCUT2D eigenvalue weighted by Crippen LogP contribution is -2.06. The molecule has 5 nitrogen and oxygen atoms in total. The topological polar surface area (TPSA) is 63.6 Å². The smallest absolute Gasteiger partial charge is 0.261 e. The summed E-state index contributed by atoms with van der Waals surface area (Å²) in [5.74, 6) is -0.511. The van der Waals surface area contributed by atoms with Gasteiger partial charge in [0.05, 0.1) is 23.2 Å². The molecule has 0 bridgehead atoms. The molecule has 0 aliphatic rings. The van der Waals surface area contributed by atoms with E-state index in [1.54, 1.807) is 0 Å². The fraction of sp³-hybridized carbons (Fsp3) is 0. The van der Waals surface area contributed by atoms with Crippen LogP contribution in [0.2, 0.25) is 5.02 Å². The van der Waals surface area contributed by atoms with E-state index < -0.39 is 5.82 Å². The van der Waals surface area contributed by atoms with Crippen LogP contribution in [0.25, 0.3) is 16.7 Å². The molecule has 0 radical (unpaired) electrons. The molecule has 0 spiro atoms. The van der Waals surface area contributed by atoms with Crippen LogP contribution < -0.4 is 5.56 Å². The van der Waals surface area contributed by atoms with E-state index in [0.29, 0.717) is 16.7 Å². The molecule has 1 aromatic carbocycles. The summed E-state index contributed by atoms with van der Waals surface area (Å²) in [6.07, 6.45) is 2.69. The van der Waals surface area contributed by atoms with Crippen LogP contribution in [-0.4, -0.2) is 19.7 Å². The van der Waals surface area contributed by atoms with Gasteiger partial charge in [0.2, 0.25) is 0 Å². The maximum absolute atomic E-state index is 13.1. The summed E-state index contributed by atoms with van der Waals surface area (Å²) < 4.78 is 14.5. The Morgan fingerprint density at radius 2 is 2.22 bits per heavy atom. The van der Waals surface area contributed by atoms with Crippen molar-refractivity contribution in [1.82, 2.24) is 19.7 Å². The highest BCUT2D eigenvalue weighted by atomic mass is 35.5. The molecule has 2 heterocycles. The molecule has 7 heteroatoms. The van der Waals surface area contributed by atoms with Gasteiger partial charge in [0.1, 0.15) is 11.2 Å². The Morgan fingerprint density at radius 1 is 1.39 bits per heavy atom. The first-order chi connectivity index (χ1) is 8.66. The molecule has 3 aromatic rings. The van der Waals surface area contributed by atoms with Crippen LogP contribution in [0.1, 0.15) is 0 Å². The highest BCUT2D eigenvalue weighted by Crippen LogP contribution is 2.20. The molecule has 0 unspecified atom stereocenters. The normalized spacial score (nSPS) is 11.0. The molecule has 0 saturated heterocycles. The molecule has 0 aliphatic heterocycles. The summed E-state index contributed by atoms with van der Waals surface area (Å²) in [6.45, 7) is 0. The van der Waals surface area contributed by atoms with Crippen LogP contribution in [-0.2, 0) is 0 Å². The van der Waals surface area contributed by atoms with Crippen LogP contribution in [0.5, 0.6) is 0 Å². The van der Waals surface area contributed by atoms with Crippen molar-refractivity contribution in [2.24, 2.45) is 0 Å². The van der Waals surface area contributed by atoms with E-state index in [2.05, 4.69) is 15.1 Å². The number of H-pyrrole nitrogens is 1. The third-order valence-electron chi connectivity index (χ3n) is 2.52. The zero-order chi connectivity index (χ0) is 12.7. The van der Waals surface area contributed by atoms with Crippen molar-refractivity contribution in [1.29, 1.82) is 0 Å². The van der Waals surface area contributed by atoms with Crippen LogP contribution in [0, 0.1) is 5.82 Å². The summed E-state index contributed by atoms with van der Waals surface area (Å²) in [6, 6.07) is 4.17. The van der Waals surface area contributed by atoms with Crippen molar-refractivity contribution in [3.05, 3.63) is 51.9 Å². The van der Waals surface area contributed by atoms with Gasteiger partial charge in [-0.3, -0.25) is 4.79 Å².